The largest absolute Gasteiger partial charge is 0.491 e. The van der Waals surface area contributed by atoms with E-state index in [4.69, 9.17) is 19.2 Å². The summed E-state index contributed by atoms with van der Waals surface area (Å²) in [6, 6.07) is 12.0. The van der Waals surface area contributed by atoms with Crippen LogP contribution in [-0.2, 0) is 17.8 Å². The van der Waals surface area contributed by atoms with E-state index in [2.05, 4.69) is 25.9 Å². The maximum atomic E-state index is 10.0. The molecule has 1 saturated heterocycles. The molecule has 0 amide bonds. The molecule has 182 valence electrons. The fraction of sp³-hybridized carbons (Fsp3) is 0.296. The molecule has 1 aliphatic rings. The number of nitriles is 1. The number of pyridine rings is 2. The molecule has 0 spiro atoms. The third-order valence-electron chi connectivity index (χ3n) is 6.07. The molecule has 3 aromatic heterocycles. The average molecular weight is 483 g/mol. The Morgan fingerprint density at radius 1 is 1.03 bits per heavy atom. The molecule has 5 rings (SSSR count). The summed E-state index contributed by atoms with van der Waals surface area (Å²) >= 11 is 0. The molecule has 9 nitrogen and oxygen atoms in total. The predicted octanol–water partition coefficient (Wildman–Crippen LogP) is 3.61. The Morgan fingerprint density at radius 3 is 2.61 bits per heavy atom. The van der Waals surface area contributed by atoms with Crippen LogP contribution in [0.4, 0.5) is 5.82 Å². The van der Waals surface area contributed by atoms with Crippen LogP contribution in [0.15, 0.2) is 48.9 Å². The Hall–Kier alpha value is -4.29. The average Bonchev–Trinajstić information content (AvgIpc) is 2.93. The highest BCUT2D eigenvalue weighted by Crippen LogP contribution is 2.29. The van der Waals surface area contributed by atoms with Crippen LogP contribution < -0.4 is 14.4 Å². The summed E-state index contributed by atoms with van der Waals surface area (Å²) in [5, 5.41) is 10.0. The highest BCUT2D eigenvalue weighted by atomic mass is 16.5. The van der Waals surface area contributed by atoms with Crippen molar-refractivity contribution in [1.29, 1.82) is 5.26 Å². The molecule has 1 aliphatic heterocycles. The number of ether oxygens (including phenoxy) is 3. The highest BCUT2D eigenvalue weighted by molar-refractivity contribution is 5.83. The Kier molecular flexibility index (Phi) is 6.87. The first-order chi connectivity index (χ1) is 17.6. The van der Waals surface area contributed by atoms with E-state index in [-0.39, 0.29) is 0 Å². The second kappa shape index (κ2) is 10.5. The summed E-state index contributed by atoms with van der Waals surface area (Å²) in [5.74, 6) is 1.69. The number of rotatable bonds is 7. The monoisotopic (exact) mass is 482 g/mol. The number of hydrogen-bond acceptors (Lipinski definition) is 9. The van der Waals surface area contributed by atoms with Crippen molar-refractivity contribution in [2.75, 3.05) is 38.3 Å². The van der Waals surface area contributed by atoms with Gasteiger partial charge >= 0.3 is 0 Å². The second-order valence-corrected chi connectivity index (χ2v) is 8.53. The van der Waals surface area contributed by atoms with Gasteiger partial charge in [0, 0.05) is 43.2 Å². The topological polar surface area (TPSA) is 106 Å². The van der Waals surface area contributed by atoms with E-state index in [1.165, 1.54) is 0 Å². The number of hydrogen-bond donors (Lipinski definition) is 0. The van der Waals surface area contributed by atoms with E-state index >= 15 is 0 Å². The first kappa shape index (κ1) is 23.5. The SMILES string of the molecule is COc1cc(Cc2ccc3ncc(N4CCOCC4)nc3c2C#N)cnc1OCc1ccc(C)nc1. The molecular formula is C27H26N6O3. The Balaban J connectivity index is 1.39. The molecule has 4 heterocycles. The summed E-state index contributed by atoms with van der Waals surface area (Å²) in [4.78, 5) is 20.2. The van der Waals surface area contributed by atoms with Crippen LogP contribution in [0, 0.1) is 18.3 Å². The minimum Gasteiger partial charge on any atom is -0.491 e. The van der Waals surface area contributed by atoms with Crippen molar-refractivity contribution in [3.05, 3.63) is 76.9 Å². The quantitative estimate of drug-likeness (QED) is 0.390. The third-order valence-corrected chi connectivity index (χ3v) is 6.07. The molecule has 0 atom stereocenters. The number of fused-ring (bicyclic) bond motifs is 1. The smallest absolute Gasteiger partial charge is 0.257 e. The first-order valence-corrected chi connectivity index (χ1v) is 11.7. The summed E-state index contributed by atoms with van der Waals surface area (Å²) in [6.45, 7) is 5.09. The van der Waals surface area contributed by atoms with Crippen LogP contribution in [0.25, 0.3) is 11.0 Å². The van der Waals surface area contributed by atoms with Gasteiger partial charge in [-0.2, -0.15) is 5.26 Å². The maximum Gasteiger partial charge on any atom is 0.257 e. The maximum absolute atomic E-state index is 10.0. The van der Waals surface area contributed by atoms with Crippen LogP contribution in [-0.4, -0.2) is 53.3 Å². The summed E-state index contributed by atoms with van der Waals surface area (Å²) in [5.41, 5.74) is 5.45. The molecule has 0 saturated carbocycles. The molecule has 1 fully saturated rings. The lowest BCUT2D eigenvalue weighted by atomic mass is 9.99. The van der Waals surface area contributed by atoms with Gasteiger partial charge in [-0.3, -0.25) is 9.97 Å². The van der Waals surface area contributed by atoms with Crippen molar-refractivity contribution in [3.8, 4) is 17.7 Å². The van der Waals surface area contributed by atoms with Crippen molar-refractivity contribution in [2.45, 2.75) is 20.0 Å². The Bertz CT molecular complexity index is 1410. The third kappa shape index (κ3) is 5.04. The van der Waals surface area contributed by atoms with Gasteiger partial charge in [0.2, 0.25) is 0 Å². The second-order valence-electron chi connectivity index (χ2n) is 8.53. The van der Waals surface area contributed by atoms with E-state index in [1.807, 2.05) is 37.3 Å². The van der Waals surface area contributed by atoms with Gasteiger partial charge in [-0.05, 0) is 36.2 Å². The van der Waals surface area contributed by atoms with Gasteiger partial charge in [0.1, 0.15) is 24.0 Å². The number of methoxy groups -OCH3 is 1. The van der Waals surface area contributed by atoms with Crippen LogP contribution in [0.3, 0.4) is 0 Å². The van der Waals surface area contributed by atoms with Crippen LogP contribution >= 0.6 is 0 Å². The molecule has 1 aromatic carbocycles. The van der Waals surface area contributed by atoms with Crippen molar-refractivity contribution in [2.24, 2.45) is 0 Å². The van der Waals surface area contributed by atoms with Gasteiger partial charge in [-0.1, -0.05) is 12.1 Å². The summed E-state index contributed by atoms with van der Waals surface area (Å²) < 4.78 is 16.8. The highest BCUT2D eigenvalue weighted by Gasteiger charge is 2.17. The molecule has 0 aliphatic carbocycles. The van der Waals surface area contributed by atoms with Gasteiger partial charge in [-0.15, -0.1) is 0 Å². The van der Waals surface area contributed by atoms with E-state index < -0.39 is 0 Å². The number of benzene rings is 1. The standard InChI is InChI=1S/C27H26N6O3/c1-18-3-4-19(14-29-18)17-36-27-24(34-2)12-20(15-31-27)11-21-5-6-23-26(22(21)13-28)32-25(16-30-23)33-7-9-35-10-8-33/h3-6,12,14-16H,7-11,17H2,1-2H3. The van der Waals surface area contributed by atoms with Crippen LogP contribution in [0.5, 0.6) is 11.6 Å². The zero-order valence-electron chi connectivity index (χ0n) is 20.3. The van der Waals surface area contributed by atoms with E-state index in [0.29, 0.717) is 54.5 Å². The molecule has 0 unspecified atom stereocenters. The lowest BCUT2D eigenvalue weighted by Crippen LogP contribution is -2.36. The van der Waals surface area contributed by atoms with E-state index in [0.717, 1.165) is 41.3 Å². The number of aryl methyl sites for hydroxylation is 1. The van der Waals surface area contributed by atoms with Gasteiger partial charge in [-0.25, -0.2) is 9.97 Å². The minimum atomic E-state index is 0.337. The predicted molar refractivity (Wildman–Crippen MR) is 134 cm³/mol. The van der Waals surface area contributed by atoms with Gasteiger partial charge in [0.25, 0.3) is 5.88 Å². The van der Waals surface area contributed by atoms with Gasteiger partial charge in [0.15, 0.2) is 5.75 Å². The molecule has 36 heavy (non-hydrogen) atoms. The number of morpholine rings is 1. The molecule has 0 N–H and O–H groups in total. The fourth-order valence-corrected chi connectivity index (χ4v) is 4.11. The Labute approximate surface area is 209 Å². The van der Waals surface area contributed by atoms with E-state index in [1.54, 1.807) is 25.7 Å². The Morgan fingerprint density at radius 2 is 1.86 bits per heavy atom. The van der Waals surface area contributed by atoms with E-state index in [9.17, 15) is 5.26 Å². The first-order valence-electron chi connectivity index (χ1n) is 11.7. The number of nitrogens with zero attached hydrogens (tertiary/aromatic N) is 6. The molecular weight excluding hydrogens is 456 g/mol. The summed E-state index contributed by atoms with van der Waals surface area (Å²) in [6.07, 6.45) is 5.78. The number of aromatic nitrogens is 4. The zero-order valence-corrected chi connectivity index (χ0v) is 20.3. The molecule has 9 heteroatoms. The van der Waals surface area contributed by atoms with Gasteiger partial charge < -0.3 is 19.1 Å². The van der Waals surface area contributed by atoms with Crippen LogP contribution in [0.2, 0.25) is 0 Å². The van der Waals surface area contributed by atoms with Crippen molar-refractivity contribution >= 4 is 16.9 Å². The van der Waals surface area contributed by atoms with Crippen LogP contribution in [0.1, 0.15) is 27.9 Å². The van der Waals surface area contributed by atoms with Gasteiger partial charge in [0.05, 0.1) is 37.6 Å². The molecule has 4 aromatic rings. The summed E-state index contributed by atoms with van der Waals surface area (Å²) in [7, 11) is 1.58. The minimum absolute atomic E-state index is 0.337. The van der Waals surface area contributed by atoms with Crippen molar-refractivity contribution in [3.63, 3.8) is 0 Å². The molecule has 0 bridgehead atoms. The fourth-order valence-electron chi connectivity index (χ4n) is 4.11. The molecule has 0 radical (unpaired) electrons. The van der Waals surface area contributed by atoms with Crippen molar-refractivity contribution in [1.82, 2.24) is 19.9 Å². The number of anilines is 1. The lowest BCUT2D eigenvalue weighted by molar-refractivity contribution is 0.122. The van der Waals surface area contributed by atoms with Crippen molar-refractivity contribution < 1.29 is 14.2 Å². The zero-order chi connectivity index (χ0) is 24.9. The lowest BCUT2D eigenvalue weighted by Gasteiger charge is -2.27. The normalized spacial score (nSPS) is 13.4.